The second-order valence-electron chi connectivity index (χ2n) is 5.32. The van der Waals surface area contributed by atoms with Crippen LogP contribution in [0, 0.1) is 6.92 Å². The number of benzene rings is 3. The Balaban J connectivity index is 1.81. The maximum Gasteiger partial charge on any atom is 0.131 e. The van der Waals surface area contributed by atoms with Gasteiger partial charge in [0.15, 0.2) is 0 Å². The van der Waals surface area contributed by atoms with E-state index in [1.165, 1.54) is 0 Å². The highest BCUT2D eigenvalue weighted by Crippen LogP contribution is 2.30. The first-order valence-corrected chi connectivity index (χ1v) is 7.27. The van der Waals surface area contributed by atoms with Crippen molar-refractivity contribution in [2.24, 2.45) is 0 Å². The molecule has 0 saturated heterocycles. The number of anilines is 2. The fourth-order valence-corrected chi connectivity index (χ4v) is 2.18. The summed E-state index contributed by atoms with van der Waals surface area (Å²) < 4.78 is 11.7. The van der Waals surface area contributed by atoms with E-state index in [4.69, 9.17) is 20.9 Å². The molecule has 0 fully saturated rings. The molecule has 3 aromatic carbocycles. The van der Waals surface area contributed by atoms with Crippen LogP contribution in [0.1, 0.15) is 5.56 Å². The minimum atomic E-state index is 0.703. The lowest BCUT2D eigenvalue weighted by Gasteiger charge is -2.11. The first kappa shape index (κ1) is 14.8. The smallest absolute Gasteiger partial charge is 0.131 e. The Morgan fingerprint density at radius 3 is 1.35 bits per heavy atom. The van der Waals surface area contributed by atoms with E-state index in [9.17, 15) is 0 Å². The molecular formula is C19H18N2O2. The lowest BCUT2D eigenvalue weighted by Crippen LogP contribution is -1.90. The molecule has 0 bridgehead atoms. The molecule has 116 valence electrons. The van der Waals surface area contributed by atoms with Crippen LogP contribution < -0.4 is 20.9 Å². The molecule has 3 aromatic rings. The SMILES string of the molecule is Cc1cc(Oc2ccc(N)cc2)cc(Oc2ccc(N)cc2)c1. The normalized spacial score (nSPS) is 10.3. The van der Waals surface area contributed by atoms with Gasteiger partial charge in [-0.15, -0.1) is 0 Å². The van der Waals surface area contributed by atoms with E-state index in [2.05, 4.69) is 0 Å². The van der Waals surface area contributed by atoms with E-state index in [0.717, 1.165) is 17.1 Å². The van der Waals surface area contributed by atoms with Crippen LogP contribution in [-0.2, 0) is 0 Å². The molecule has 0 unspecified atom stereocenters. The van der Waals surface area contributed by atoms with Gasteiger partial charge in [-0.2, -0.15) is 0 Å². The molecule has 0 aliphatic heterocycles. The molecule has 3 rings (SSSR count). The Bertz CT molecular complexity index is 731. The van der Waals surface area contributed by atoms with Crippen molar-refractivity contribution in [2.45, 2.75) is 6.92 Å². The van der Waals surface area contributed by atoms with Gasteiger partial charge in [-0.25, -0.2) is 0 Å². The van der Waals surface area contributed by atoms with Gasteiger partial charge in [-0.3, -0.25) is 0 Å². The third-order valence-corrected chi connectivity index (χ3v) is 3.26. The summed E-state index contributed by atoms with van der Waals surface area (Å²) in [7, 11) is 0. The number of aryl methyl sites for hydroxylation is 1. The number of hydrogen-bond donors (Lipinski definition) is 2. The topological polar surface area (TPSA) is 70.5 Å². The first-order valence-electron chi connectivity index (χ1n) is 7.27. The highest BCUT2D eigenvalue weighted by Gasteiger charge is 2.04. The second kappa shape index (κ2) is 6.32. The molecule has 0 radical (unpaired) electrons. The van der Waals surface area contributed by atoms with Gasteiger partial charge in [-0.05, 0) is 73.2 Å². The van der Waals surface area contributed by atoms with Gasteiger partial charge in [0.05, 0.1) is 0 Å². The molecule has 0 atom stereocenters. The largest absolute Gasteiger partial charge is 0.457 e. The first-order chi connectivity index (χ1) is 11.1. The van der Waals surface area contributed by atoms with Crippen LogP contribution in [-0.4, -0.2) is 0 Å². The fraction of sp³-hybridized carbons (Fsp3) is 0.0526. The zero-order valence-corrected chi connectivity index (χ0v) is 12.8. The summed E-state index contributed by atoms with van der Waals surface area (Å²) in [4.78, 5) is 0. The van der Waals surface area contributed by atoms with E-state index >= 15 is 0 Å². The quantitative estimate of drug-likeness (QED) is 0.683. The minimum absolute atomic E-state index is 0.703. The maximum atomic E-state index is 5.86. The molecule has 0 aliphatic carbocycles. The standard InChI is InChI=1S/C19H18N2O2/c1-13-10-18(22-16-6-2-14(20)3-7-16)12-19(11-13)23-17-8-4-15(21)5-9-17/h2-12H,20-21H2,1H3. The summed E-state index contributed by atoms with van der Waals surface area (Å²) in [6.45, 7) is 1.99. The van der Waals surface area contributed by atoms with E-state index in [1.54, 1.807) is 24.3 Å². The van der Waals surface area contributed by atoms with Crippen LogP contribution in [0.15, 0.2) is 66.7 Å². The zero-order valence-electron chi connectivity index (χ0n) is 12.8. The Kier molecular flexibility index (Phi) is 4.06. The van der Waals surface area contributed by atoms with E-state index in [1.807, 2.05) is 49.4 Å². The van der Waals surface area contributed by atoms with Crippen LogP contribution in [0.5, 0.6) is 23.0 Å². The van der Waals surface area contributed by atoms with E-state index in [0.29, 0.717) is 22.9 Å². The molecule has 0 saturated carbocycles. The highest BCUT2D eigenvalue weighted by molar-refractivity contribution is 5.47. The van der Waals surface area contributed by atoms with Crippen LogP contribution in [0.3, 0.4) is 0 Å². The number of hydrogen-bond acceptors (Lipinski definition) is 4. The molecular weight excluding hydrogens is 288 g/mol. The van der Waals surface area contributed by atoms with Crippen LogP contribution in [0.4, 0.5) is 11.4 Å². The number of nitrogens with two attached hydrogens (primary N) is 2. The summed E-state index contributed by atoms with van der Waals surface area (Å²) in [6, 6.07) is 20.3. The molecule has 0 amide bonds. The Morgan fingerprint density at radius 2 is 0.957 bits per heavy atom. The van der Waals surface area contributed by atoms with Crippen molar-refractivity contribution < 1.29 is 9.47 Å². The lowest BCUT2D eigenvalue weighted by molar-refractivity contribution is 0.459. The van der Waals surface area contributed by atoms with Gasteiger partial charge in [-0.1, -0.05) is 0 Å². The van der Waals surface area contributed by atoms with Crippen molar-refractivity contribution in [3.05, 3.63) is 72.3 Å². The minimum Gasteiger partial charge on any atom is -0.457 e. The molecule has 0 heterocycles. The zero-order chi connectivity index (χ0) is 16.2. The van der Waals surface area contributed by atoms with Crippen LogP contribution in [0.2, 0.25) is 0 Å². The second-order valence-corrected chi connectivity index (χ2v) is 5.32. The van der Waals surface area contributed by atoms with Gasteiger partial charge in [0.1, 0.15) is 23.0 Å². The molecule has 0 aliphatic rings. The summed E-state index contributed by atoms with van der Waals surface area (Å²) >= 11 is 0. The van der Waals surface area contributed by atoms with Crippen molar-refractivity contribution in [1.82, 2.24) is 0 Å². The van der Waals surface area contributed by atoms with Crippen LogP contribution >= 0.6 is 0 Å². The number of ether oxygens (including phenoxy) is 2. The average Bonchev–Trinajstić information content (AvgIpc) is 2.51. The monoisotopic (exact) mass is 306 g/mol. The molecule has 4 heteroatoms. The number of nitrogen functional groups attached to an aromatic ring is 2. The third-order valence-electron chi connectivity index (χ3n) is 3.26. The van der Waals surface area contributed by atoms with Gasteiger partial charge < -0.3 is 20.9 Å². The average molecular weight is 306 g/mol. The maximum absolute atomic E-state index is 5.86. The predicted molar refractivity (Wildman–Crippen MR) is 93.0 cm³/mol. The summed E-state index contributed by atoms with van der Waals surface area (Å²) in [6.07, 6.45) is 0. The van der Waals surface area contributed by atoms with Crippen molar-refractivity contribution in [3.8, 4) is 23.0 Å². The van der Waals surface area contributed by atoms with Crippen molar-refractivity contribution in [3.63, 3.8) is 0 Å². The Morgan fingerprint density at radius 1 is 0.565 bits per heavy atom. The highest BCUT2D eigenvalue weighted by atomic mass is 16.5. The van der Waals surface area contributed by atoms with Gasteiger partial charge >= 0.3 is 0 Å². The molecule has 4 N–H and O–H groups in total. The molecule has 0 aromatic heterocycles. The van der Waals surface area contributed by atoms with E-state index in [-0.39, 0.29) is 0 Å². The van der Waals surface area contributed by atoms with Gasteiger partial charge in [0.2, 0.25) is 0 Å². The van der Waals surface area contributed by atoms with Crippen molar-refractivity contribution in [1.29, 1.82) is 0 Å². The summed E-state index contributed by atoms with van der Waals surface area (Å²) in [5.41, 5.74) is 13.8. The molecule has 0 spiro atoms. The Labute approximate surface area is 135 Å². The summed E-state index contributed by atoms with van der Waals surface area (Å²) in [5.74, 6) is 2.87. The van der Waals surface area contributed by atoms with Crippen LogP contribution in [0.25, 0.3) is 0 Å². The van der Waals surface area contributed by atoms with E-state index < -0.39 is 0 Å². The fourth-order valence-electron chi connectivity index (χ4n) is 2.18. The van der Waals surface area contributed by atoms with Gasteiger partial charge in [0, 0.05) is 17.4 Å². The predicted octanol–water partition coefficient (Wildman–Crippen LogP) is 4.74. The van der Waals surface area contributed by atoms with Gasteiger partial charge in [0.25, 0.3) is 0 Å². The molecule has 4 nitrogen and oxygen atoms in total. The summed E-state index contributed by atoms with van der Waals surface area (Å²) in [5, 5.41) is 0. The third kappa shape index (κ3) is 3.95. The number of rotatable bonds is 4. The van der Waals surface area contributed by atoms with Crippen molar-refractivity contribution in [2.75, 3.05) is 11.5 Å². The molecule has 23 heavy (non-hydrogen) atoms. The Hall–Kier alpha value is -3.14. The van der Waals surface area contributed by atoms with Crippen molar-refractivity contribution >= 4 is 11.4 Å². The lowest BCUT2D eigenvalue weighted by atomic mass is 10.2.